The molecule has 0 N–H and O–H groups in total. The molecule has 6 heteroatoms. The molecule has 0 aliphatic carbocycles. The monoisotopic (exact) mass is 1030 g/mol. The summed E-state index contributed by atoms with van der Waals surface area (Å²) in [5.74, 6) is 1.56. The molecule has 6 nitrogen and oxygen atoms in total. The Morgan fingerprint density at radius 3 is 1.16 bits per heavy atom. The van der Waals surface area contributed by atoms with Crippen molar-refractivity contribution < 1.29 is 13.6 Å². The fourth-order valence-electron chi connectivity index (χ4n) is 12.0. The van der Waals surface area contributed by atoms with Crippen LogP contribution in [0.1, 0.15) is 0 Å². The lowest BCUT2D eigenvalue weighted by Crippen LogP contribution is -2.18. The van der Waals surface area contributed by atoms with E-state index in [1.54, 1.807) is 0 Å². The van der Waals surface area contributed by atoms with Gasteiger partial charge in [-0.25, -0.2) is 0 Å². The molecule has 0 unspecified atom stereocenters. The summed E-state index contributed by atoms with van der Waals surface area (Å²) in [7, 11) is 0. The van der Waals surface area contributed by atoms with E-state index in [2.05, 4.69) is 251 Å². The highest BCUT2D eigenvalue weighted by Gasteiger charge is 2.29. The molecule has 13 aromatic carbocycles. The lowest BCUT2D eigenvalue weighted by atomic mass is 10.0. The Bertz CT molecular complexity index is 4600. The van der Waals surface area contributed by atoms with E-state index in [0.717, 1.165) is 140 Å². The van der Waals surface area contributed by atoms with Crippen LogP contribution in [0.25, 0.3) is 87.7 Å². The number of rotatable bonds is 9. The Morgan fingerprint density at radius 1 is 0.275 bits per heavy atom. The minimum Gasteiger partial charge on any atom is -0.455 e. The SMILES string of the molecule is c1ccc2c(c1)Oc1ccccc1N2c1cc(N(c2ccc(-c3cccc4c3oc3ccccc34)cc2)c2ccc3ccccc3c2)cc(N(c2ccc(-c3cccc4c3oc3ccccc34)cc2)c2ccc3ccccc3c2)c1. The van der Waals surface area contributed by atoms with Crippen molar-refractivity contribution in [1.82, 2.24) is 0 Å². The third-order valence-corrected chi connectivity index (χ3v) is 15.8. The van der Waals surface area contributed by atoms with Crippen molar-refractivity contribution in [1.29, 1.82) is 0 Å². The maximum Gasteiger partial charge on any atom is 0.151 e. The van der Waals surface area contributed by atoms with E-state index < -0.39 is 0 Å². The van der Waals surface area contributed by atoms with Crippen LogP contribution in [0.3, 0.4) is 0 Å². The molecule has 0 radical (unpaired) electrons. The molecule has 376 valence electrons. The second-order valence-electron chi connectivity index (χ2n) is 20.5. The molecular weight excluding hydrogens is 979 g/mol. The average molecular weight is 1030 g/mol. The third kappa shape index (κ3) is 7.57. The van der Waals surface area contributed by atoms with Crippen LogP contribution in [0.5, 0.6) is 11.5 Å². The quantitative estimate of drug-likeness (QED) is 0.144. The smallest absolute Gasteiger partial charge is 0.151 e. The van der Waals surface area contributed by atoms with Crippen molar-refractivity contribution in [3.05, 3.63) is 285 Å². The van der Waals surface area contributed by atoms with Crippen molar-refractivity contribution in [2.45, 2.75) is 0 Å². The maximum atomic E-state index is 6.65. The lowest BCUT2D eigenvalue weighted by Gasteiger charge is -2.35. The van der Waals surface area contributed by atoms with Gasteiger partial charge in [0.2, 0.25) is 0 Å². The number of hydrogen-bond donors (Lipinski definition) is 0. The number of anilines is 9. The molecule has 2 aromatic heterocycles. The third-order valence-electron chi connectivity index (χ3n) is 15.8. The normalized spacial score (nSPS) is 12.1. The van der Waals surface area contributed by atoms with Gasteiger partial charge in [0.15, 0.2) is 11.5 Å². The van der Waals surface area contributed by atoms with Gasteiger partial charge in [-0.15, -0.1) is 0 Å². The van der Waals surface area contributed by atoms with Crippen LogP contribution >= 0.6 is 0 Å². The van der Waals surface area contributed by atoms with E-state index in [-0.39, 0.29) is 0 Å². The number of ether oxygens (including phenoxy) is 1. The number of benzene rings is 13. The van der Waals surface area contributed by atoms with Gasteiger partial charge in [-0.3, -0.25) is 0 Å². The summed E-state index contributed by atoms with van der Waals surface area (Å²) in [4.78, 5) is 7.12. The van der Waals surface area contributed by atoms with Crippen LogP contribution in [0.2, 0.25) is 0 Å². The van der Waals surface area contributed by atoms with E-state index in [9.17, 15) is 0 Å². The number of hydrogen-bond acceptors (Lipinski definition) is 6. The van der Waals surface area contributed by atoms with E-state index in [1.165, 1.54) is 10.8 Å². The van der Waals surface area contributed by atoms with Gasteiger partial charge in [0.1, 0.15) is 22.3 Å². The van der Waals surface area contributed by atoms with Crippen molar-refractivity contribution in [3.63, 3.8) is 0 Å². The highest BCUT2D eigenvalue weighted by molar-refractivity contribution is 6.11. The Morgan fingerprint density at radius 2 is 0.675 bits per heavy atom. The standard InChI is InChI=1S/C74H47N3O3/c1-3-17-52-43-56(41-31-48(52)15-1)75(54-37-33-50(34-38-54)61-21-13-23-65-63-19-5-9-27-69(63)79-73(61)65)58-45-59(47-60(46-58)77-67-25-7-11-29-71(67)78-72-30-12-8-26-68(72)77)76(57-42-32-49-16-2-4-18-53(49)44-57)55-39-35-51(36-40-55)62-22-14-24-66-64-20-6-10-28-70(64)80-74(62)66/h1-47H. The summed E-state index contributed by atoms with van der Waals surface area (Å²) in [5.41, 5.74) is 16.5. The Balaban J connectivity index is 0.925. The second-order valence-corrected chi connectivity index (χ2v) is 20.5. The zero-order valence-corrected chi connectivity index (χ0v) is 43.2. The molecule has 0 saturated carbocycles. The van der Waals surface area contributed by atoms with Gasteiger partial charge in [0, 0.05) is 55.4 Å². The first-order valence-corrected chi connectivity index (χ1v) is 27.0. The minimum atomic E-state index is 0.779. The van der Waals surface area contributed by atoms with Gasteiger partial charge in [-0.2, -0.15) is 0 Å². The Kier molecular flexibility index (Phi) is 10.5. The van der Waals surface area contributed by atoms with Crippen LogP contribution < -0.4 is 19.4 Å². The van der Waals surface area contributed by atoms with Crippen molar-refractivity contribution in [2.24, 2.45) is 0 Å². The van der Waals surface area contributed by atoms with Gasteiger partial charge >= 0.3 is 0 Å². The second kappa shape index (κ2) is 18.4. The summed E-state index contributed by atoms with van der Waals surface area (Å²) >= 11 is 0. The van der Waals surface area contributed by atoms with Gasteiger partial charge < -0.3 is 28.3 Å². The molecule has 0 spiro atoms. The molecule has 0 saturated heterocycles. The fraction of sp³-hybridized carbons (Fsp3) is 0. The Labute approximate surface area is 461 Å². The molecule has 0 atom stereocenters. The molecule has 16 rings (SSSR count). The number of nitrogens with zero attached hydrogens (tertiary/aromatic N) is 3. The zero-order chi connectivity index (χ0) is 52.7. The molecule has 80 heavy (non-hydrogen) atoms. The van der Waals surface area contributed by atoms with Gasteiger partial charge in [0.25, 0.3) is 0 Å². The fourth-order valence-corrected chi connectivity index (χ4v) is 12.0. The molecule has 15 aromatic rings. The predicted octanol–water partition coefficient (Wildman–Crippen LogP) is 21.6. The van der Waals surface area contributed by atoms with Crippen LogP contribution in [-0.4, -0.2) is 0 Å². The molecule has 1 aliphatic heterocycles. The zero-order valence-electron chi connectivity index (χ0n) is 43.2. The lowest BCUT2D eigenvalue weighted by molar-refractivity contribution is 0.477. The van der Waals surface area contributed by atoms with E-state index in [1.807, 2.05) is 48.5 Å². The summed E-state index contributed by atoms with van der Waals surface area (Å²) < 4.78 is 19.8. The molecule has 0 fully saturated rings. The summed E-state index contributed by atoms with van der Waals surface area (Å²) in [6, 6.07) is 101. The molecular formula is C74H47N3O3. The van der Waals surface area contributed by atoms with Crippen molar-refractivity contribution >= 4 is 117 Å². The minimum absolute atomic E-state index is 0.779. The summed E-state index contributed by atoms with van der Waals surface area (Å²) in [6.45, 7) is 0. The van der Waals surface area contributed by atoms with Crippen LogP contribution in [0, 0.1) is 0 Å². The first kappa shape index (κ1) is 45.4. The van der Waals surface area contributed by atoms with E-state index in [0.29, 0.717) is 0 Å². The molecule has 3 heterocycles. The number of para-hydroxylation sites is 8. The largest absolute Gasteiger partial charge is 0.455 e. The maximum absolute atomic E-state index is 6.65. The highest BCUT2D eigenvalue weighted by Crippen LogP contribution is 2.53. The summed E-state index contributed by atoms with van der Waals surface area (Å²) in [5, 5.41) is 9.05. The summed E-state index contributed by atoms with van der Waals surface area (Å²) in [6.07, 6.45) is 0. The van der Waals surface area contributed by atoms with Crippen molar-refractivity contribution in [2.75, 3.05) is 14.7 Å². The molecule has 0 amide bonds. The molecule has 0 bridgehead atoms. The van der Waals surface area contributed by atoms with Crippen LogP contribution in [0.15, 0.2) is 294 Å². The van der Waals surface area contributed by atoms with Crippen LogP contribution in [0.4, 0.5) is 51.2 Å². The topological polar surface area (TPSA) is 45.2 Å². The van der Waals surface area contributed by atoms with E-state index in [4.69, 9.17) is 13.6 Å². The molecule has 1 aliphatic rings. The Hall–Kier alpha value is -10.8. The average Bonchev–Trinajstić information content (AvgIpc) is 4.17. The first-order chi connectivity index (χ1) is 39.6. The predicted molar refractivity (Wildman–Crippen MR) is 331 cm³/mol. The number of furan rings is 2. The van der Waals surface area contributed by atoms with Gasteiger partial charge in [0.05, 0.1) is 28.4 Å². The van der Waals surface area contributed by atoms with Crippen molar-refractivity contribution in [3.8, 4) is 33.8 Å². The van der Waals surface area contributed by atoms with Gasteiger partial charge in [-0.1, -0.05) is 182 Å². The van der Waals surface area contributed by atoms with E-state index >= 15 is 0 Å². The first-order valence-electron chi connectivity index (χ1n) is 27.0. The van der Waals surface area contributed by atoms with Gasteiger partial charge in [-0.05, 0) is 136 Å². The van der Waals surface area contributed by atoms with Crippen LogP contribution in [-0.2, 0) is 0 Å². The highest BCUT2D eigenvalue weighted by atomic mass is 16.5. The number of fused-ring (bicyclic) bond motifs is 10.